The standard InChI is InChI=1S/C17H21N3O2/c1-13-12-20(10-9-18-13)17(21)8-7-16-19-11-15(22-16)14-5-3-2-4-6-14/h2-6,11,13,18H,7-10,12H2,1H3. The van der Waals surface area contributed by atoms with E-state index < -0.39 is 0 Å². The average Bonchev–Trinajstić information content (AvgIpc) is 3.02. The van der Waals surface area contributed by atoms with Crippen LogP contribution in [-0.4, -0.2) is 41.5 Å². The molecule has 22 heavy (non-hydrogen) atoms. The number of oxazole rings is 1. The lowest BCUT2D eigenvalue weighted by atomic mass is 10.2. The number of carbonyl (C=O) groups is 1. The molecule has 1 atom stereocenters. The first-order valence-electron chi connectivity index (χ1n) is 7.73. The molecule has 0 aliphatic carbocycles. The van der Waals surface area contributed by atoms with Gasteiger partial charge < -0.3 is 14.6 Å². The second kappa shape index (κ2) is 6.75. The Morgan fingerprint density at radius 2 is 2.23 bits per heavy atom. The Morgan fingerprint density at radius 1 is 1.41 bits per heavy atom. The van der Waals surface area contributed by atoms with Gasteiger partial charge in [0.1, 0.15) is 0 Å². The van der Waals surface area contributed by atoms with Crippen LogP contribution in [0, 0.1) is 0 Å². The minimum Gasteiger partial charge on any atom is -0.441 e. The van der Waals surface area contributed by atoms with E-state index in [1.165, 1.54) is 0 Å². The molecule has 116 valence electrons. The Labute approximate surface area is 130 Å². The van der Waals surface area contributed by atoms with Crippen LogP contribution in [0.5, 0.6) is 0 Å². The van der Waals surface area contributed by atoms with E-state index in [-0.39, 0.29) is 5.91 Å². The van der Waals surface area contributed by atoms with Crippen molar-refractivity contribution in [3.05, 3.63) is 42.4 Å². The van der Waals surface area contributed by atoms with Gasteiger partial charge in [0.15, 0.2) is 11.7 Å². The Bertz CT molecular complexity index is 624. The highest BCUT2D eigenvalue weighted by molar-refractivity contribution is 5.76. The lowest BCUT2D eigenvalue weighted by Gasteiger charge is -2.31. The molecule has 1 N–H and O–H groups in total. The summed E-state index contributed by atoms with van der Waals surface area (Å²) in [6.07, 6.45) is 2.72. The predicted octanol–water partition coefficient (Wildman–Crippen LogP) is 2.09. The molecule has 0 radical (unpaired) electrons. The molecular formula is C17H21N3O2. The van der Waals surface area contributed by atoms with Crippen LogP contribution in [0.15, 0.2) is 40.9 Å². The van der Waals surface area contributed by atoms with Gasteiger partial charge in [0.2, 0.25) is 5.91 Å². The van der Waals surface area contributed by atoms with Crippen LogP contribution in [0.25, 0.3) is 11.3 Å². The maximum atomic E-state index is 12.2. The van der Waals surface area contributed by atoms with Gasteiger partial charge in [-0.15, -0.1) is 0 Å². The summed E-state index contributed by atoms with van der Waals surface area (Å²) in [6, 6.07) is 10.2. The molecule has 1 unspecified atom stereocenters. The van der Waals surface area contributed by atoms with Crippen molar-refractivity contribution < 1.29 is 9.21 Å². The van der Waals surface area contributed by atoms with Gasteiger partial charge in [0.25, 0.3) is 0 Å². The lowest BCUT2D eigenvalue weighted by Crippen LogP contribution is -2.51. The van der Waals surface area contributed by atoms with E-state index in [0.717, 1.165) is 31.0 Å². The SMILES string of the molecule is CC1CN(C(=O)CCc2ncc(-c3ccccc3)o2)CCN1. The van der Waals surface area contributed by atoms with E-state index in [1.54, 1.807) is 6.20 Å². The Morgan fingerprint density at radius 3 is 3.00 bits per heavy atom. The number of aromatic nitrogens is 1. The Hall–Kier alpha value is -2.14. The van der Waals surface area contributed by atoms with Crippen molar-refractivity contribution in [1.29, 1.82) is 0 Å². The Balaban J connectivity index is 1.56. The summed E-state index contributed by atoms with van der Waals surface area (Å²) >= 11 is 0. The van der Waals surface area contributed by atoms with Crippen LogP contribution in [0.4, 0.5) is 0 Å². The highest BCUT2D eigenvalue weighted by Crippen LogP contribution is 2.20. The van der Waals surface area contributed by atoms with Gasteiger partial charge in [-0.2, -0.15) is 0 Å². The summed E-state index contributed by atoms with van der Waals surface area (Å²) in [6.45, 7) is 4.52. The molecule has 1 fully saturated rings. The molecule has 3 rings (SSSR count). The highest BCUT2D eigenvalue weighted by Gasteiger charge is 2.20. The van der Waals surface area contributed by atoms with Gasteiger partial charge in [-0.1, -0.05) is 30.3 Å². The number of aryl methyl sites for hydroxylation is 1. The van der Waals surface area contributed by atoms with Crippen molar-refractivity contribution in [2.45, 2.75) is 25.8 Å². The quantitative estimate of drug-likeness (QED) is 0.939. The van der Waals surface area contributed by atoms with Crippen molar-refractivity contribution in [3.63, 3.8) is 0 Å². The molecular weight excluding hydrogens is 278 g/mol. The fourth-order valence-corrected chi connectivity index (χ4v) is 2.69. The number of amides is 1. The molecule has 1 aromatic heterocycles. The molecule has 1 aliphatic heterocycles. The highest BCUT2D eigenvalue weighted by atomic mass is 16.4. The fourth-order valence-electron chi connectivity index (χ4n) is 2.69. The summed E-state index contributed by atoms with van der Waals surface area (Å²) < 4.78 is 5.73. The smallest absolute Gasteiger partial charge is 0.223 e. The number of rotatable bonds is 4. The number of benzene rings is 1. The minimum atomic E-state index is 0.174. The molecule has 5 nitrogen and oxygen atoms in total. The van der Waals surface area contributed by atoms with Crippen LogP contribution < -0.4 is 5.32 Å². The molecule has 0 spiro atoms. The summed E-state index contributed by atoms with van der Waals surface area (Å²) in [5, 5.41) is 3.34. The number of nitrogens with one attached hydrogen (secondary N) is 1. The number of hydrogen-bond donors (Lipinski definition) is 1. The normalized spacial score (nSPS) is 18.4. The lowest BCUT2D eigenvalue weighted by molar-refractivity contribution is -0.132. The predicted molar refractivity (Wildman–Crippen MR) is 84.3 cm³/mol. The molecule has 1 aromatic carbocycles. The summed E-state index contributed by atoms with van der Waals surface area (Å²) in [4.78, 5) is 18.4. The van der Waals surface area contributed by atoms with Crippen molar-refractivity contribution >= 4 is 5.91 Å². The van der Waals surface area contributed by atoms with Gasteiger partial charge in [-0.25, -0.2) is 4.98 Å². The number of nitrogens with zero attached hydrogens (tertiary/aromatic N) is 2. The van der Waals surface area contributed by atoms with Crippen molar-refractivity contribution in [2.75, 3.05) is 19.6 Å². The van der Waals surface area contributed by atoms with E-state index in [1.807, 2.05) is 35.2 Å². The average molecular weight is 299 g/mol. The first-order chi connectivity index (χ1) is 10.7. The van der Waals surface area contributed by atoms with Crippen LogP contribution in [-0.2, 0) is 11.2 Å². The third-order valence-electron chi connectivity index (χ3n) is 3.89. The molecule has 5 heteroatoms. The molecule has 1 saturated heterocycles. The monoisotopic (exact) mass is 299 g/mol. The molecule has 2 aromatic rings. The van der Waals surface area contributed by atoms with Crippen LogP contribution in [0.3, 0.4) is 0 Å². The molecule has 2 heterocycles. The van der Waals surface area contributed by atoms with Gasteiger partial charge >= 0.3 is 0 Å². The molecule has 0 bridgehead atoms. The van der Waals surface area contributed by atoms with Gasteiger partial charge in [-0.05, 0) is 6.92 Å². The minimum absolute atomic E-state index is 0.174. The second-order valence-electron chi connectivity index (χ2n) is 5.68. The van der Waals surface area contributed by atoms with Crippen LogP contribution in [0.2, 0.25) is 0 Å². The van der Waals surface area contributed by atoms with E-state index >= 15 is 0 Å². The van der Waals surface area contributed by atoms with E-state index in [0.29, 0.717) is 24.8 Å². The summed E-state index contributed by atoms with van der Waals surface area (Å²) in [5.41, 5.74) is 1.00. The first kappa shape index (κ1) is 14.8. The zero-order chi connectivity index (χ0) is 15.4. The topological polar surface area (TPSA) is 58.4 Å². The van der Waals surface area contributed by atoms with E-state index in [9.17, 15) is 4.79 Å². The zero-order valence-corrected chi connectivity index (χ0v) is 12.8. The molecule has 0 saturated carbocycles. The maximum absolute atomic E-state index is 12.2. The summed E-state index contributed by atoms with van der Waals surface area (Å²) in [5.74, 6) is 1.54. The van der Waals surface area contributed by atoms with Gasteiger partial charge in [0, 0.05) is 44.1 Å². The Kier molecular flexibility index (Phi) is 4.53. The van der Waals surface area contributed by atoms with Crippen molar-refractivity contribution in [3.8, 4) is 11.3 Å². The third-order valence-corrected chi connectivity index (χ3v) is 3.89. The number of piperazine rings is 1. The summed E-state index contributed by atoms with van der Waals surface area (Å²) in [7, 11) is 0. The zero-order valence-electron chi connectivity index (χ0n) is 12.8. The third kappa shape index (κ3) is 3.54. The van der Waals surface area contributed by atoms with Crippen molar-refractivity contribution in [1.82, 2.24) is 15.2 Å². The van der Waals surface area contributed by atoms with Crippen LogP contribution in [0.1, 0.15) is 19.2 Å². The second-order valence-corrected chi connectivity index (χ2v) is 5.68. The molecule has 1 aliphatic rings. The maximum Gasteiger partial charge on any atom is 0.223 e. The van der Waals surface area contributed by atoms with Gasteiger partial charge in [-0.3, -0.25) is 4.79 Å². The van der Waals surface area contributed by atoms with Gasteiger partial charge in [0.05, 0.1) is 6.20 Å². The first-order valence-corrected chi connectivity index (χ1v) is 7.73. The van der Waals surface area contributed by atoms with Crippen LogP contribution >= 0.6 is 0 Å². The molecule has 1 amide bonds. The number of hydrogen-bond acceptors (Lipinski definition) is 4. The number of carbonyl (C=O) groups excluding carboxylic acids is 1. The van der Waals surface area contributed by atoms with E-state index in [2.05, 4.69) is 17.2 Å². The van der Waals surface area contributed by atoms with E-state index in [4.69, 9.17) is 4.42 Å². The van der Waals surface area contributed by atoms with Crippen molar-refractivity contribution in [2.24, 2.45) is 0 Å². The largest absolute Gasteiger partial charge is 0.441 e. The fraction of sp³-hybridized carbons (Fsp3) is 0.412.